The summed E-state index contributed by atoms with van der Waals surface area (Å²) in [6, 6.07) is 4.31. The Hall–Kier alpha value is -0.870. The fourth-order valence-corrected chi connectivity index (χ4v) is 2.39. The van der Waals surface area contributed by atoms with E-state index in [0.717, 1.165) is 25.3 Å². The third-order valence-corrected chi connectivity index (χ3v) is 3.91. The zero-order valence-electron chi connectivity index (χ0n) is 11.5. The van der Waals surface area contributed by atoms with E-state index in [0.29, 0.717) is 11.2 Å². The lowest BCUT2D eigenvalue weighted by molar-refractivity contribution is 0.127. The summed E-state index contributed by atoms with van der Waals surface area (Å²) >= 11 is 5.76. The van der Waals surface area contributed by atoms with Gasteiger partial charge in [-0.2, -0.15) is 0 Å². The van der Waals surface area contributed by atoms with Gasteiger partial charge in [0, 0.05) is 24.7 Å². The number of halogens is 1. The van der Waals surface area contributed by atoms with Gasteiger partial charge in [-0.3, -0.25) is 4.90 Å². The van der Waals surface area contributed by atoms with E-state index in [1.54, 1.807) is 6.07 Å². The van der Waals surface area contributed by atoms with Gasteiger partial charge in [0.15, 0.2) is 11.0 Å². The highest BCUT2D eigenvalue weighted by atomic mass is 35.5. The molecule has 0 saturated carbocycles. The minimum atomic E-state index is 0.201. The van der Waals surface area contributed by atoms with Crippen molar-refractivity contribution in [1.82, 2.24) is 15.1 Å². The first kappa shape index (κ1) is 13.6. The predicted octanol–water partition coefficient (Wildman–Crippen LogP) is 2.44. The second-order valence-corrected chi connectivity index (χ2v) is 6.27. The van der Waals surface area contributed by atoms with Crippen molar-refractivity contribution in [3.05, 3.63) is 17.3 Å². The van der Waals surface area contributed by atoms with Crippen LogP contribution in [0.3, 0.4) is 0 Å². The van der Waals surface area contributed by atoms with Crippen molar-refractivity contribution in [2.75, 3.05) is 25.0 Å². The molecule has 0 amide bonds. The molecule has 0 aliphatic carbocycles. The average molecular weight is 269 g/mol. The molecule has 2 rings (SSSR count). The second kappa shape index (κ2) is 5.02. The van der Waals surface area contributed by atoms with Crippen molar-refractivity contribution in [2.24, 2.45) is 0 Å². The molecule has 0 radical (unpaired) electrons. The Morgan fingerprint density at radius 2 is 2.06 bits per heavy atom. The van der Waals surface area contributed by atoms with Crippen molar-refractivity contribution >= 4 is 17.4 Å². The quantitative estimate of drug-likeness (QED) is 0.825. The molecule has 0 aromatic carbocycles. The van der Waals surface area contributed by atoms with Crippen LogP contribution in [-0.4, -0.2) is 46.8 Å². The molecule has 100 valence electrons. The lowest BCUT2D eigenvalue weighted by atomic mass is 10.0. The van der Waals surface area contributed by atoms with Crippen LogP contribution in [-0.2, 0) is 0 Å². The zero-order chi connectivity index (χ0) is 13.3. The fraction of sp³-hybridized carbons (Fsp3) is 0.692. The first-order chi connectivity index (χ1) is 8.38. The smallest absolute Gasteiger partial charge is 0.151 e. The molecule has 1 aromatic rings. The van der Waals surface area contributed by atoms with Crippen LogP contribution in [0, 0.1) is 0 Å². The summed E-state index contributed by atoms with van der Waals surface area (Å²) in [5.41, 5.74) is 0.201. The molecule has 1 atom stereocenters. The number of aromatic nitrogens is 2. The molecular formula is C13H21ClN4. The number of anilines is 1. The van der Waals surface area contributed by atoms with Crippen molar-refractivity contribution in [1.29, 1.82) is 0 Å². The van der Waals surface area contributed by atoms with Gasteiger partial charge in [0.1, 0.15) is 0 Å². The van der Waals surface area contributed by atoms with Crippen molar-refractivity contribution in [2.45, 2.75) is 38.8 Å². The summed E-state index contributed by atoms with van der Waals surface area (Å²) < 4.78 is 0. The van der Waals surface area contributed by atoms with Gasteiger partial charge in [-0.1, -0.05) is 11.6 Å². The van der Waals surface area contributed by atoms with Crippen LogP contribution < -0.4 is 4.90 Å². The third kappa shape index (κ3) is 2.93. The number of rotatable bonds is 2. The first-order valence-corrected chi connectivity index (χ1v) is 6.73. The molecule has 2 heterocycles. The minimum absolute atomic E-state index is 0.201. The van der Waals surface area contributed by atoms with Gasteiger partial charge in [0.2, 0.25) is 0 Å². The summed E-state index contributed by atoms with van der Waals surface area (Å²) in [4.78, 5) is 4.71. The van der Waals surface area contributed by atoms with E-state index < -0.39 is 0 Å². The molecule has 18 heavy (non-hydrogen) atoms. The predicted molar refractivity (Wildman–Crippen MR) is 75.2 cm³/mol. The number of likely N-dealkylation sites (N-methyl/N-ethyl adjacent to an activating group) is 1. The third-order valence-electron chi connectivity index (χ3n) is 3.71. The van der Waals surface area contributed by atoms with E-state index in [-0.39, 0.29) is 5.54 Å². The minimum Gasteiger partial charge on any atom is -0.353 e. The highest BCUT2D eigenvalue weighted by Gasteiger charge is 2.31. The van der Waals surface area contributed by atoms with Crippen LogP contribution in [0.15, 0.2) is 12.1 Å². The van der Waals surface area contributed by atoms with Crippen LogP contribution >= 0.6 is 11.6 Å². The number of nitrogens with zero attached hydrogens (tertiary/aromatic N) is 4. The average Bonchev–Trinajstić information content (AvgIpc) is 2.77. The summed E-state index contributed by atoms with van der Waals surface area (Å²) in [5, 5.41) is 8.49. The summed E-state index contributed by atoms with van der Waals surface area (Å²) in [6.45, 7) is 8.78. The standard InChI is InChI=1S/C13H21ClN4/c1-13(2,3)17(4)10-7-8-18(9-10)12-6-5-11(14)15-16-12/h5-6,10H,7-9H2,1-4H3/t10-/m1/s1. The maximum absolute atomic E-state index is 5.76. The van der Waals surface area contributed by atoms with Gasteiger partial charge in [-0.05, 0) is 46.4 Å². The largest absolute Gasteiger partial charge is 0.353 e. The molecule has 1 aliphatic rings. The van der Waals surface area contributed by atoms with Crippen molar-refractivity contribution in [3.8, 4) is 0 Å². The topological polar surface area (TPSA) is 32.3 Å². The SMILES string of the molecule is CN([C@@H]1CCN(c2ccc(Cl)nn2)C1)C(C)(C)C. The fourth-order valence-electron chi connectivity index (χ4n) is 2.29. The summed E-state index contributed by atoms with van der Waals surface area (Å²) in [5.74, 6) is 0.921. The van der Waals surface area contributed by atoms with Crippen LogP contribution in [0.2, 0.25) is 5.15 Å². The van der Waals surface area contributed by atoms with Gasteiger partial charge in [0.25, 0.3) is 0 Å². The van der Waals surface area contributed by atoms with Gasteiger partial charge < -0.3 is 4.90 Å². The molecule has 0 N–H and O–H groups in total. The van der Waals surface area contributed by atoms with E-state index in [1.807, 2.05) is 6.07 Å². The number of hydrogen-bond donors (Lipinski definition) is 0. The first-order valence-electron chi connectivity index (χ1n) is 6.35. The molecule has 0 spiro atoms. The Labute approximate surface area is 114 Å². The van der Waals surface area contributed by atoms with Crippen LogP contribution in [0.5, 0.6) is 0 Å². The molecule has 4 nitrogen and oxygen atoms in total. The Kier molecular flexibility index (Phi) is 3.78. The second-order valence-electron chi connectivity index (χ2n) is 5.88. The highest BCUT2D eigenvalue weighted by Crippen LogP contribution is 2.24. The number of hydrogen-bond acceptors (Lipinski definition) is 4. The summed E-state index contributed by atoms with van der Waals surface area (Å²) in [6.07, 6.45) is 1.16. The van der Waals surface area contributed by atoms with Gasteiger partial charge in [-0.15, -0.1) is 10.2 Å². The molecule has 1 aliphatic heterocycles. The lowest BCUT2D eigenvalue weighted by Gasteiger charge is -2.36. The van der Waals surface area contributed by atoms with Gasteiger partial charge in [0.05, 0.1) is 0 Å². The Bertz CT molecular complexity index is 398. The Balaban J connectivity index is 2.02. The van der Waals surface area contributed by atoms with E-state index >= 15 is 0 Å². The van der Waals surface area contributed by atoms with Crippen molar-refractivity contribution < 1.29 is 0 Å². The van der Waals surface area contributed by atoms with E-state index in [4.69, 9.17) is 11.6 Å². The van der Waals surface area contributed by atoms with Crippen LogP contribution in [0.25, 0.3) is 0 Å². The normalized spacial score (nSPS) is 20.8. The van der Waals surface area contributed by atoms with Gasteiger partial charge >= 0.3 is 0 Å². The van der Waals surface area contributed by atoms with Crippen molar-refractivity contribution in [3.63, 3.8) is 0 Å². The molecule has 0 bridgehead atoms. The maximum Gasteiger partial charge on any atom is 0.151 e. The molecule has 1 fully saturated rings. The molecule has 1 saturated heterocycles. The molecule has 1 aromatic heterocycles. The van der Waals surface area contributed by atoms with Gasteiger partial charge in [-0.25, -0.2) is 0 Å². The molecule has 0 unspecified atom stereocenters. The molecule has 5 heteroatoms. The lowest BCUT2D eigenvalue weighted by Crippen LogP contribution is -2.46. The highest BCUT2D eigenvalue weighted by molar-refractivity contribution is 6.29. The van der Waals surface area contributed by atoms with Crippen LogP contribution in [0.4, 0.5) is 5.82 Å². The molecular weight excluding hydrogens is 248 g/mol. The zero-order valence-corrected chi connectivity index (χ0v) is 12.3. The Morgan fingerprint density at radius 3 is 2.61 bits per heavy atom. The van der Waals surface area contributed by atoms with E-state index in [2.05, 4.69) is 47.8 Å². The maximum atomic E-state index is 5.76. The Morgan fingerprint density at radius 1 is 1.33 bits per heavy atom. The van der Waals surface area contributed by atoms with E-state index in [9.17, 15) is 0 Å². The van der Waals surface area contributed by atoms with Crippen LogP contribution in [0.1, 0.15) is 27.2 Å². The summed E-state index contributed by atoms with van der Waals surface area (Å²) in [7, 11) is 2.20. The monoisotopic (exact) mass is 268 g/mol. The van der Waals surface area contributed by atoms with E-state index in [1.165, 1.54) is 0 Å².